The highest BCUT2D eigenvalue weighted by Crippen LogP contribution is 2.03. The first kappa shape index (κ1) is 10.4. The van der Waals surface area contributed by atoms with Gasteiger partial charge < -0.3 is 4.74 Å². The summed E-state index contributed by atoms with van der Waals surface area (Å²) >= 11 is 0. The minimum Gasteiger partial charge on any atom is -0.450 e. The van der Waals surface area contributed by atoms with Gasteiger partial charge in [0.15, 0.2) is 0 Å². The standard InChI is InChI=1S/C10H18O/c1-3-4-5-6-7-8-9-10-11-2/h3-8H2,1-2H3. The predicted molar refractivity (Wildman–Crippen MR) is 48.2 cm³/mol. The lowest BCUT2D eigenvalue weighted by Crippen LogP contribution is -1.76. The fourth-order valence-corrected chi connectivity index (χ4v) is 0.940. The molecule has 0 aromatic carbocycles. The number of unbranched alkanes of at least 4 members (excludes halogenated alkanes) is 5. The number of rotatable bonds is 5. The van der Waals surface area contributed by atoms with Gasteiger partial charge in [-0.25, -0.2) is 0 Å². The van der Waals surface area contributed by atoms with Crippen LogP contribution in [0, 0.1) is 12.0 Å². The highest BCUT2D eigenvalue weighted by Gasteiger charge is 1.85. The second-order valence-electron chi connectivity index (χ2n) is 2.65. The van der Waals surface area contributed by atoms with Crippen molar-refractivity contribution in [3.8, 4) is 12.0 Å². The van der Waals surface area contributed by atoms with Crippen LogP contribution in [0.15, 0.2) is 0 Å². The molecular weight excluding hydrogens is 136 g/mol. The molecule has 0 aromatic heterocycles. The molecule has 0 rings (SSSR count). The van der Waals surface area contributed by atoms with Crippen molar-refractivity contribution in [2.45, 2.75) is 45.4 Å². The van der Waals surface area contributed by atoms with Crippen LogP contribution >= 0.6 is 0 Å². The lowest BCUT2D eigenvalue weighted by molar-refractivity contribution is 0.371. The topological polar surface area (TPSA) is 9.23 Å². The second-order valence-corrected chi connectivity index (χ2v) is 2.65. The van der Waals surface area contributed by atoms with E-state index in [0.717, 1.165) is 6.42 Å². The van der Waals surface area contributed by atoms with Gasteiger partial charge in [-0.1, -0.05) is 38.5 Å². The summed E-state index contributed by atoms with van der Waals surface area (Å²) in [4.78, 5) is 0. The van der Waals surface area contributed by atoms with E-state index in [1.54, 1.807) is 7.11 Å². The first-order valence-corrected chi connectivity index (χ1v) is 4.42. The normalized spacial score (nSPS) is 8.55. The van der Waals surface area contributed by atoms with Crippen molar-refractivity contribution in [1.29, 1.82) is 0 Å². The zero-order valence-corrected chi connectivity index (χ0v) is 7.65. The Morgan fingerprint density at radius 1 is 1.09 bits per heavy atom. The lowest BCUT2D eigenvalue weighted by Gasteiger charge is -1.93. The Bertz CT molecular complexity index is 119. The van der Waals surface area contributed by atoms with Gasteiger partial charge in [0.1, 0.15) is 6.11 Å². The number of ether oxygens (including phenoxy) is 1. The van der Waals surface area contributed by atoms with Crippen LogP contribution < -0.4 is 0 Å². The van der Waals surface area contributed by atoms with Gasteiger partial charge in [-0.15, -0.1) is 0 Å². The van der Waals surface area contributed by atoms with Gasteiger partial charge in [0.05, 0.1) is 7.11 Å². The molecule has 0 aliphatic heterocycles. The summed E-state index contributed by atoms with van der Waals surface area (Å²) in [5, 5.41) is 0. The Morgan fingerprint density at radius 2 is 1.82 bits per heavy atom. The molecule has 0 aliphatic carbocycles. The third kappa shape index (κ3) is 9.36. The molecule has 1 nitrogen and oxygen atoms in total. The van der Waals surface area contributed by atoms with E-state index in [4.69, 9.17) is 0 Å². The van der Waals surface area contributed by atoms with Gasteiger partial charge in [-0.2, -0.15) is 0 Å². The molecule has 0 radical (unpaired) electrons. The molecule has 1 heteroatoms. The van der Waals surface area contributed by atoms with E-state index in [1.165, 1.54) is 32.1 Å². The monoisotopic (exact) mass is 154 g/mol. The van der Waals surface area contributed by atoms with Gasteiger partial charge in [0.25, 0.3) is 0 Å². The fraction of sp³-hybridized carbons (Fsp3) is 0.800. The Hall–Kier alpha value is -0.640. The van der Waals surface area contributed by atoms with Gasteiger partial charge >= 0.3 is 0 Å². The van der Waals surface area contributed by atoms with Crippen molar-refractivity contribution in [1.82, 2.24) is 0 Å². The summed E-state index contributed by atoms with van der Waals surface area (Å²) < 4.78 is 4.61. The van der Waals surface area contributed by atoms with Crippen molar-refractivity contribution < 1.29 is 4.74 Å². The Balaban J connectivity index is 2.90. The van der Waals surface area contributed by atoms with Crippen LogP contribution in [0.2, 0.25) is 0 Å². The average Bonchev–Trinajstić information content (AvgIpc) is 2.03. The first-order chi connectivity index (χ1) is 5.41. The SMILES string of the molecule is CCCCCCCC#COC. The molecule has 0 N–H and O–H groups in total. The summed E-state index contributed by atoms with van der Waals surface area (Å²) in [5.74, 6) is 2.94. The van der Waals surface area contributed by atoms with E-state index in [1.807, 2.05) is 0 Å². The molecule has 0 heterocycles. The molecule has 0 saturated heterocycles. The zero-order valence-electron chi connectivity index (χ0n) is 7.65. The Labute approximate surface area is 70.1 Å². The van der Waals surface area contributed by atoms with Gasteiger partial charge in [-0.05, 0) is 6.42 Å². The van der Waals surface area contributed by atoms with E-state index in [-0.39, 0.29) is 0 Å². The smallest absolute Gasteiger partial charge is 0.109 e. The maximum Gasteiger partial charge on any atom is 0.109 e. The Kier molecular flexibility index (Phi) is 8.82. The summed E-state index contributed by atoms with van der Waals surface area (Å²) in [6.07, 6.45) is 10.1. The zero-order chi connectivity index (χ0) is 8.36. The van der Waals surface area contributed by atoms with Crippen molar-refractivity contribution in [2.24, 2.45) is 0 Å². The Morgan fingerprint density at radius 3 is 2.45 bits per heavy atom. The van der Waals surface area contributed by atoms with E-state index >= 15 is 0 Å². The third-order valence-electron chi connectivity index (χ3n) is 1.58. The molecule has 0 aromatic rings. The lowest BCUT2D eigenvalue weighted by atomic mass is 10.1. The second kappa shape index (κ2) is 9.36. The largest absolute Gasteiger partial charge is 0.450 e. The predicted octanol–water partition coefficient (Wildman–Crippen LogP) is 2.95. The highest BCUT2D eigenvalue weighted by atomic mass is 16.5. The van der Waals surface area contributed by atoms with Crippen molar-refractivity contribution >= 4 is 0 Å². The summed E-state index contributed by atoms with van der Waals surface area (Å²) in [6, 6.07) is 0. The average molecular weight is 154 g/mol. The van der Waals surface area contributed by atoms with Crippen LogP contribution in [-0.2, 0) is 4.74 Å². The fourth-order valence-electron chi connectivity index (χ4n) is 0.940. The molecule has 0 amide bonds. The van der Waals surface area contributed by atoms with Crippen molar-refractivity contribution in [2.75, 3.05) is 7.11 Å². The van der Waals surface area contributed by atoms with Crippen LogP contribution in [0.4, 0.5) is 0 Å². The molecule has 0 saturated carbocycles. The molecule has 64 valence electrons. The highest BCUT2D eigenvalue weighted by molar-refractivity contribution is 4.90. The molecule has 11 heavy (non-hydrogen) atoms. The summed E-state index contributed by atoms with van der Waals surface area (Å²) in [5.41, 5.74) is 0. The van der Waals surface area contributed by atoms with Gasteiger partial charge in [0.2, 0.25) is 0 Å². The maximum absolute atomic E-state index is 4.61. The van der Waals surface area contributed by atoms with Gasteiger partial charge in [0, 0.05) is 6.42 Å². The van der Waals surface area contributed by atoms with Crippen LogP contribution in [0.25, 0.3) is 0 Å². The molecule has 0 spiro atoms. The van der Waals surface area contributed by atoms with Crippen molar-refractivity contribution in [3.63, 3.8) is 0 Å². The number of hydrogen-bond donors (Lipinski definition) is 0. The van der Waals surface area contributed by atoms with E-state index in [0.29, 0.717) is 0 Å². The summed E-state index contributed by atoms with van der Waals surface area (Å²) in [7, 11) is 1.60. The van der Waals surface area contributed by atoms with E-state index in [2.05, 4.69) is 23.7 Å². The number of methoxy groups -OCH3 is 1. The molecule has 0 atom stereocenters. The molecule has 0 fully saturated rings. The van der Waals surface area contributed by atoms with Crippen LogP contribution in [0.3, 0.4) is 0 Å². The van der Waals surface area contributed by atoms with Crippen LogP contribution in [0.1, 0.15) is 45.4 Å². The summed E-state index contributed by atoms with van der Waals surface area (Å²) in [6.45, 7) is 2.23. The molecular formula is C10H18O. The van der Waals surface area contributed by atoms with Gasteiger partial charge in [-0.3, -0.25) is 0 Å². The maximum atomic E-state index is 4.61. The van der Waals surface area contributed by atoms with Crippen LogP contribution in [-0.4, -0.2) is 7.11 Å². The quantitative estimate of drug-likeness (QED) is 0.437. The van der Waals surface area contributed by atoms with Crippen LogP contribution in [0.5, 0.6) is 0 Å². The minimum absolute atomic E-state index is 0.984. The van der Waals surface area contributed by atoms with Crippen molar-refractivity contribution in [3.05, 3.63) is 0 Å². The minimum atomic E-state index is 0.984. The van der Waals surface area contributed by atoms with E-state index in [9.17, 15) is 0 Å². The third-order valence-corrected chi connectivity index (χ3v) is 1.58. The molecule has 0 bridgehead atoms. The first-order valence-electron chi connectivity index (χ1n) is 4.42. The van der Waals surface area contributed by atoms with E-state index < -0.39 is 0 Å². The molecule has 0 unspecified atom stereocenters. The molecule has 0 aliphatic rings. The number of hydrogen-bond acceptors (Lipinski definition) is 1.